The highest BCUT2D eigenvalue weighted by Gasteiger charge is 2.10. The van der Waals surface area contributed by atoms with Gasteiger partial charge in [0.25, 0.3) is 0 Å². The maximum absolute atomic E-state index is 11.9. The van der Waals surface area contributed by atoms with Crippen LogP contribution in [0, 0.1) is 0 Å². The summed E-state index contributed by atoms with van der Waals surface area (Å²) in [4.78, 5) is 11.9. The Kier molecular flexibility index (Phi) is 5.06. The van der Waals surface area contributed by atoms with Crippen LogP contribution in [0.25, 0.3) is 0 Å². The molecule has 0 atom stereocenters. The van der Waals surface area contributed by atoms with Crippen LogP contribution in [0.2, 0.25) is 0 Å². The second-order valence-corrected chi connectivity index (χ2v) is 6.57. The highest BCUT2D eigenvalue weighted by Crippen LogP contribution is 2.34. The second-order valence-electron chi connectivity index (χ2n) is 3.95. The molecule has 0 saturated heterocycles. The number of urea groups is 1. The fourth-order valence-corrected chi connectivity index (χ4v) is 3.96. The van der Waals surface area contributed by atoms with E-state index in [-0.39, 0.29) is 6.03 Å². The fraction of sp³-hybridized carbons (Fsp3) is 0. The topological polar surface area (TPSA) is 67.1 Å². The van der Waals surface area contributed by atoms with Crippen molar-refractivity contribution in [3.05, 3.63) is 49.8 Å². The minimum Gasteiger partial charge on any atom is -0.399 e. The van der Waals surface area contributed by atoms with E-state index in [1.807, 2.05) is 12.1 Å². The molecule has 2 amide bonds. The van der Waals surface area contributed by atoms with Gasteiger partial charge in [0.15, 0.2) is 0 Å². The third kappa shape index (κ3) is 3.97. The Labute approximate surface area is 141 Å². The summed E-state index contributed by atoms with van der Waals surface area (Å²) in [6, 6.07) is 10.3. The van der Waals surface area contributed by atoms with Crippen LogP contribution in [0.1, 0.15) is 0 Å². The van der Waals surface area contributed by atoms with Crippen molar-refractivity contribution in [2.24, 2.45) is 0 Å². The molecule has 2 aromatic rings. The summed E-state index contributed by atoms with van der Waals surface area (Å²) in [5.74, 6) is 0. The first kappa shape index (κ1) is 15.3. The number of nitrogens with one attached hydrogen (secondary N) is 2. The molecule has 0 aliphatic rings. The van der Waals surface area contributed by atoms with Gasteiger partial charge in [0.2, 0.25) is 0 Å². The minimum absolute atomic E-state index is 0.335. The monoisotopic (exact) mass is 461 g/mol. The first-order valence-electron chi connectivity index (χ1n) is 5.54. The van der Waals surface area contributed by atoms with Crippen LogP contribution in [0.3, 0.4) is 0 Å². The van der Waals surface area contributed by atoms with Gasteiger partial charge in [0.05, 0.1) is 5.69 Å². The average Bonchev–Trinajstić information content (AvgIpc) is 2.36. The van der Waals surface area contributed by atoms with Gasteiger partial charge in [-0.3, -0.25) is 0 Å². The first-order chi connectivity index (χ1) is 9.45. The molecule has 0 aromatic heterocycles. The van der Waals surface area contributed by atoms with E-state index in [1.165, 1.54) is 0 Å². The molecule has 0 unspecified atom stereocenters. The molecule has 0 fully saturated rings. The van der Waals surface area contributed by atoms with Crippen molar-refractivity contribution in [3.63, 3.8) is 0 Å². The molecule has 4 nitrogen and oxygen atoms in total. The van der Waals surface area contributed by atoms with Crippen LogP contribution >= 0.6 is 47.8 Å². The molecule has 2 aromatic carbocycles. The fourth-order valence-electron chi connectivity index (χ4n) is 1.50. The third-order valence-corrected chi connectivity index (χ3v) is 4.12. The number of nitrogen functional groups attached to an aromatic ring is 1. The number of rotatable bonds is 2. The molecule has 0 saturated carbocycles. The van der Waals surface area contributed by atoms with E-state index >= 15 is 0 Å². The number of amides is 2. The predicted octanol–water partition coefficient (Wildman–Crippen LogP) is 5.20. The standard InChI is InChI=1S/C13H10Br3N3O/c14-7-5-10(15)12(11(16)6-7)19-13(20)18-9-3-1-8(17)2-4-9/h1-6H,17H2,(H2,18,19,20). The number of benzene rings is 2. The summed E-state index contributed by atoms with van der Waals surface area (Å²) in [6.45, 7) is 0. The molecule has 0 aliphatic carbocycles. The molecular weight excluding hydrogens is 454 g/mol. The molecule has 0 spiro atoms. The Balaban J connectivity index is 2.10. The number of anilines is 3. The van der Waals surface area contributed by atoms with E-state index < -0.39 is 0 Å². The van der Waals surface area contributed by atoms with E-state index in [9.17, 15) is 4.79 Å². The van der Waals surface area contributed by atoms with Gasteiger partial charge in [-0.05, 0) is 68.3 Å². The second kappa shape index (κ2) is 6.60. The number of hydrogen-bond acceptors (Lipinski definition) is 2. The van der Waals surface area contributed by atoms with E-state index in [0.717, 1.165) is 13.4 Å². The van der Waals surface area contributed by atoms with Gasteiger partial charge in [-0.25, -0.2) is 4.79 Å². The minimum atomic E-state index is -0.335. The largest absolute Gasteiger partial charge is 0.399 e. The molecule has 4 N–H and O–H groups in total. The molecule has 0 aliphatic heterocycles. The Bertz CT molecular complexity index is 621. The zero-order valence-corrected chi connectivity index (χ0v) is 14.8. The normalized spacial score (nSPS) is 10.2. The maximum atomic E-state index is 11.9. The van der Waals surface area contributed by atoms with Crippen molar-refractivity contribution in [1.82, 2.24) is 0 Å². The van der Waals surface area contributed by atoms with Crippen molar-refractivity contribution in [2.45, 2.75) is 0 Å². The molecule has 104 valence electrons. The van der Waals surface area contributed by atoms with Gasteiger partial charge in [0.1, 0.15) is 0 Å². The van der Waals surface area contributed by atoms with Crippen LogP contribution in [0.5, 0.6) is 0 Å². The zero-order valence-electron chi connectivity index (χ0n) is 10.1. The number of carbonyl (C=O) groups is 1. The Morgan fingerprint density at radius 2 is 1.50 bits per heavy atom. The summed E-state index contributed by atoms with van der Waals surface area (Å²) >= 11 is 10.2. The van der Waals surface area contributed by atoms with Crippen molar-refractivity contribution in [1.29, 1.82) is 0 Å². The molecule has 7 heteroatoms. The lowest BCUT2D eigenvalue weighted by atomic mass is 10.3. The Morgan fingerprint density at radius 1 is 0.950 bits per heavy atom. The first-order valence-corrected chi connectivity index (χ1v) is 7.91. The average molecular weight is 464 g/mol. The van der Waals surface area contributed by atoms with Crippen molar-refractivity contribution < 1.29 is 4.79 Å². The quantitative estimate of drug-likeness (QED) is 0.536. The van der Waals surface area contributed by atoms with Crippen LogP contribution in [0.15, 0.2) is 49.8 Å². The summed E-state index contributed by atoms with van der Waals surface area (Å²) < 4.78 is 2.44. The Morgan fingerprint density at radius 3 is 2.05 bits per heavy atom. The van der Waals surface area contributed by atoms with Crippen molar-refractivity contribution in [2.75, 3.05) is 16.4 Å². The summed E-state index contributed by atoms with van der Waals surface area (Å²) in [5, 5.41) is 5.50. The van der Waals surface area contributed by atoms with Gasteiger partial charge in [-0.2, -0.15) is 0 Å². The van der Waals surface area contributed by atoms with Crippen molar-refractivity contribution >= 4 is 70.9 Å². The van der Waals surface area contributed by atoms with Crippen LogP contribution in [-0.4, -0.2) is 6.03 Å². The smallest absolute Gasteiger partial charge is 0.323 e. The Hall–Kier alpha value is -1.05. The van der Waals surface area contributed by atoms with Gasteiger partial charge < -0.3 is 16.4 Å². The third-order valence-electron chi connectivity index (χ3n) is 2.41. The van der Waals surface area contributed by atoms with Gasteiger partial charge in [0, 0.05) is 24.8 Å². The van der Waals surface area contributed by atoms with Crippen LogP contribution in [-0.2, 0) is 0 Å². The molecule has 0 radical (unpaired) electrons. The molecule has 20 heavy (non-hydrogen) atoms. The molecular formula is C13H10Br3N3O. The number of nitrogens with two attached hydrogens (primary N) is 1. The van der Waals surface area contributed by atoms with Crippen LogP contribution in [0.4, 0.5) is 21.9 Å². The van der Waals surface area contributed by atoms with E-state index in [1.54, 1.807) is 24.3 Å². The highest BCUT2D eigenvalue weighted by atomic mass is 79.9. The predicted molar refractivity (Wildman–Crippen MR) is 93.0 cm³/mol. The number of hydrogen-bond donors (Lipinski definition) is 3. The van der Waals surface area contributed by atoms with E-state index in [2.05, 4.69) is 58.4 Å². The lowest BCUT2D eigenvalue weighted by Gasteiger charge is -2.11. The lowest BCUT2D eigenvalue weighted by Crippen LogP contribution is -2.20. The molecule has 2 rings (SSSR count). The van der Waals surface area contributed by atoms with Gasteiger partial charge in [-0.1, -0.05) is 15.9 Å². The zero-order chi connectivity index (χ0) is 14.7. The molecule has 0 bridgehead atoms. The molecule has 0 heterocycles. The number of carbonyl (C=O) groups excluding carboxylic acids is 1. The van der Waals surface area contributed by atoms with Crippen molar-refractivity contribution in [3.8, 4) is 0 Å². The van der Waals surface area contributed by atoms with Gasteiger partial charge >= 0.3 is 6.03 Å². The maximum Gasteiger partial charge on any atom is 0.323 e. The van der Waals surface area contributed by atoms with E-state index in [0.29, 0.717) is 17.1 Å². The van der Waals surface area contributed by atoms with E-state index in [4.69, 9.17) is 5.73 Å². The van der Waals surface area contributed by atoms with Gasteiger partial charge in [-0.15, -0.1) is 0 Å². The SMILES string of the molecule is Nc1ccc(NC(=O)Nc2c(Br)cc(Br)cc2Br)cc1. The van der Waals surface area contributed by atoms with Crippen LogP contribution < -0.4 is 16.4 Å². The lowest BCUT2D eigenvalue weighted by molar-refractivity contribution is 0.262. The number of halogens is 3. The highest BCUT2D eigenvalue weighted by molar-refractivity contribution is 9.11. The summed E-state index contributed by atoms with van der Waals surface area (Å²) in [7, 11) is 0. The summed E-state index contributed by atoms with van der Waals surface area (Å²) in [5.41, 5.74) is 7.56. The summed E-state index contributed by atoms with van der Waals surface area (Å²) in [6.07, 6.45) is 0.